The smallest absolute Gasteiger partial charge is 0.382 e. The van der Waals surface area contributed by atoms with Crippen molar-refractivity contribution in [2.45, 2.75) is 50.2 Å². The second kappa shape index (κ2) is 12.6. The highest BCUT2D eigenvalue weighted by molar-refractivity contribution is 8.55. The molecule has 2 aromatic rings. The largest absolute Gasteiger partial charge is 0.396 e. The van der Waals surface area contributed by atoms with Gasteiger partial charge in [-0.05, 0) is 27.7 Å². The summed E-state index contributed by atoms with van der Waals surface area (Å²) in [5.41, 5.74) is 0. The van der Waals surface area contributed by atoms with Crippen LogP contribution < -0.4 is 0 Å². The molecule has 0 bridgehead atoms. The van der Waals surface area contributed by atoms with Crippen molar-refractivity contribution >= 4 is 36.4 Å². The first-order valence-electron chi connectivity index (χ1n) is 9.57. The molecule has 182 valence electrons. The lowest BCUT2D eigenvalue weighted by molar-refractivity contribution is 0.00664. The Morgan fingerprint density at radius 3 is 1.34 bits per heavy atom. The molecule has 0 saturated heterocycles. The van der Waals surface area contributed by atoms with Crippen molar-refractivity contribution in [1.82, 2.24) is 30.4 Å². The lowest BCUT2D eigenvalue weighted by Crippen LogP contribution is -2.13. The number of aromatic amines is 2. The van der Waals surface area contributed by atoms with E-state index in [2.05, 4.69) is 30.4 Å². The molecule has 0 radical (unpaired) electrons. The Kier molecular flexibility index (Phi) is 10.8. The van der Waals surface area contributed by atoms with Gasteiger partial charge in [0.05, 0.1) is 26.4 Å². The molecule has 0 aliphatic carbocycles. The molecule has 0 amide bonds. The summed E-state index contributed by atoms with van der Waals surface area (Å²) in [5.74, 6) is -0.223. The molecule has 32 heavy (non-hydrogen) atoms. The predicted octanol–water partition coefficient (Wildman–Crippen LogP) is 3.24. The van der Waals surface area contributed by atoms with E-state index in [1.807, 2.05) is 0 Å². The van der Waals surface area contributed by atoms with Crippen molar-refractivity contribution in [3.8, 4) is 0 Å². The summed E-state index contributed by atoms with van der Waals surface area (Å²) in [4.78, 5) is 8.05. The van der Waals surface area contributed by atoms with Gasteiger partial charge in [-0.15, -0.1) is 10.2 Å². The second-order valence-corrected chi connectivity index (χ2v) is 13.3. The highest BCUT2D eigenvalue weighted by Gasteiger charge is 2.32. The van der Waals surface area contributed by atoms with E-state index < -0.39 is 25.8 Å². The summed E-state index contributed by atoms with van der Waals surface area (Å²) >= 11 is 1.35. The number of aliphatic hydroxyl groups is 2. The van der Waals surface area contributed by atoms with Crippen molar-refractivity contribution in [2.24, 2.45) is 0 Å². The number of nitrogens with one attached hydrogen (secondary N) is 2. The molecule has 0 aromatic carbocycles. The van der Waals surface area contributed by atoms with Crippen molar-refractivity contribution in [3.05, 3.63) is 11.6 Å². The van der Waals surface area contributed by atoms with Gasteiger partial charge in [0.25, 0.3) is 0 Å². The third kappa shape index (κ3) is 7.62. The third-order valence-electron chi connectivity index (χ3n) is 3.36. The van der Waals surface area contributed by atoms with Crippen LogP contribution in [0.25, 0.3) is 0 Å². The Morgan fingerprint density at radius 2 is 1.06 bits per heavy atom. The van der Waals surface area contributed by atoms with Crippen LogP contribution in [-0.4, -0.2) is 67.0 Å². The number of aromatic nitrogens is 6. The highest BCUT2D eigenvalue weighted by atomic mass is 32.7. The van der Waals surface area contributed by atoms with Gasteiger partial charge in [-0.25, -0.2) is 19.1 Å². The van der Waals surface area contributed by atoms with Crippen LogP contribution in [0.2, 0.25) is 0 Å². The first-order chi connectivity index (χ1) is 15.2. The van der Waals surface area contributed by atoms with Gasteiger partial charge in [-0.1, -0.05) is 0 Å². The van der Waals surface area contributed by atoms with Gasteiger partial charge >= 0.3 is 13.6 Å². The zero-order chi connectivity index (χ0) is 23.8. The van der Waals surface area contributed by atoms with E-state index in [0.717, 1.165) is 0 Å². The van der Waals surface area contributed by atoms with E-state index in [1.165, 1.54) is 0 Å². The van der Waals surface area contributed by atoms with Crippen LogP contribution in [0.1, 0.15) is 51.6 Å². The molecule has 4 N–H and O–H groups in total. The van der Waals surface area contributed by atoms with Gasteiger partial charge in [0.2, 0.25) is 10.3 Å². The highest BCUT2D eigenvalue weighted by Crippen LogP contribution is 2.63. The number of hydrogen-bond donors (Lipinski definition) is 4. The van der Waals surface area contributed by atoms with Gasteiger partial charge in [-0.3, -0.25) is 10.2 Å². The number of nitrogens with zero attached hydrogens (tertiary/aromatic N) is 4. The maximum Gasteiger partial charge on any atom is 0.396 e. The molecule has 2 unspecified atom stereocenters. The SMILES string of the molecule is CCOP(=O)(OCC)Sc1n[nH]c(C(O)C(O)c2nc(SP(=O)(OCC)OCC)n[nH]2)n1. The minimum absolute atomic E-state index is 0.000310. The Labute approximate surface area is 192 Å². The summed E-state index contributed by atoms with van der Waals surface area (Å²) in [5, 5.41) is 33.5. The fourth-order valence-electron chi connectivity index (χ4n) is 2.17. The van der Waals surface area contributed by atoms with Gasteiger partial charge in [0.1, 0.15) is 12.2 Å². The standard InChI is InChI=1S/C14H26N6O8P2S2/c1-5-25-29(23,26-6-2)31-13-15-11(17-19-13)9(21)10(22)12-16-14(20-18-12)32-30(24,27-7-3)28-8-4/h9-10,21-22H,5-8H2,1-4H3,(H,15,17,19)(H,16,18,20). The van der Waals surface area contributed by atoms with Crippen LogP contribution in [0.4, 0.5) is 0 Å². The first-order valence-corrected chi connectivity index (χ1v) is 15.5. The molecular weight excluding hydrogens is 506 g/mol. The number of rotatable bonds is 15. The van der Waals surface area contributed by atoms with Crippen molar-refractivity contribution < 1.29 is 37.4 Å². The molecular formula is C14H26N6O8P2S2. The van der Waals surface area contributed by atoms with E-state index in [9.17, 15) is 19.3 Å². The van der Waals surface area contributed by atoms with Crippen LogP contribution in [0.5, 0.6) is 0 Å². The monoisotopic (exact) mass is 532 g/mol. The van der Waals surface area contributed by atoms with E-state index >= 15 is 0 Å². The molecule has 0 fully saturated rings. The van der Waals surface area contributed by atoms with Gasteiger partial charge in [0.15, 0.2) is 11.6 Å². The van der Waals surface area contributed by atoms with Crippen LogP contribution in [0.3, 0.4) is 0 Å². The summed E-state index contributed by atoms with van der Waals surface area (Å²) in [6, 6.07) is 0. The molecule has 0 saturated carbocycles. The first kappa shape index (κ1) is 27.4. The molecule has 0 spiro atoms. The summed E-state index contributed by atoms with van der Waals surface area (Å²) in [7, 11) is 0. The predicted molar refractivity (Wildman–Crippen MR) is 116 cm³/mol. The van der Waals surface area contributed by atoms with Crippen molar-refractivity contribution in [1.29, 1.82) is 0 Å². The zero-order valence-electron chi connectivity index (χ0n) is 17.8. The second-order valence-electron chi connectivity index (χ2n) is 5.64. The maximum absolute atomic E-state index is 12.6. The minimum Gasteiger partial charge on any atom is -0.382 e. The fraction of sp³-hybridized carbons (Fsp3) is 0.714. The Morgan fingerprint density at radius 1 is 0.750 bits per heavy atom. The topological polar surface area (TPSA) is 195 Å². The average Bonchev–Trinajstić information content (AvgIpc) is 3.37. The summed E-state index contributed by atoms with van der Waals surface area (Å²) in [6.45, 7) is 0.271. The lowest BCUT2D eigenvalue weighted by atomic mass is 10.2. The molecule has 18 heteroatoms. The normalized spacial score (nSPS) is 14.6. The third-order valence-corrected chi connectivity index (χ3v) is 10.4. The van der Waals surface area contributed by atoms with E-state index in [4.69, 9.17) is 18.1 Å². The molecule has 14 nitrogen and oxygen atoms in total. The zero-order valence-corrected chi connectivity index (χ0v) is 21.2. The Balaban J connectivity index is 2.09. The van der Waals surface area contributed by atoms with Gasteiger partial charge < -0.3 is 28.3 Å². The number of aliphatic hydroxyl groups excluding tert-OH is 2. The van der Waals surface area contributed by atoms with Crippen LogP contribution in [0, 0.1) is 0 Å². The molecule has 2 aromatic heterocycles. The van der Waals surface area contributed by atoms with E-state index in [1.54, 1.807) is 27.7 Å². The van der Waals surface area contributed by atoms with Crippen molar-refractivity contribution in [3.63, 3.8) is 0 Å². The van der Waals surface area contributed by atoms with Crippen LogP contribution >= 0.6 is 36.4 Å². The minimum atomic E-state index is -3.52. The summed E-state index contributed by atoms with van der Waals surface area (Å²) in [6.07, 6.45) is -3.15. The number of H-pyrrole nitrogens is 2. The summed E-state index contributed by atoms with van der Waals surface area (Å²) < 4.78 is 45.8. The molecule has 2 atom stereocenters. The molecule has 0 aliphatic rings. The van der Waals surface area contributed by atoms with E-state index in [-0.39, 0.29) is 48.4 Å². The molecule has 0 aliphatic heterocycles. The molecule has 2 rings (SSSR count). The Hall–Kier alpha value is -0.800. The fourth-order valence-corrected chi connectivity index (χ4v) is 8.24. The van der Waals surface area contributed by atoms with Crippen molar-refractivity contribution in [2.75, 3.05) is 26.4 Å². The number of hydrogen-bond acceptors (Lipinski definition) is 14. The lowest BCUT2D eigenvalue weighted by Gasteiger charge is -2.14. The van der Waals surface area contributed by atoms with Crippen LogP contribution in [-0.2, 0) is 27.2 Å². The Bertz CT molecular complexity index is 852. The quantitative estimate of drug-likeness (QED) is 0.244. The van der Waals surface area contributed by atoms with Crippen LogP contribution in [0.15, 0.2) is 10.3 Å². The van der Waals surface area contributed by atoms with E-state index in [0.29, 0.717) is 22.8 Å². The maximum atomic E-state index is 12.6. The van der Waals surface area contributed by atoms with Gasteiger partial charge in [-0.2, -0.15) is 0 Å². The average molecular weight is 532 g/mol. The van der Waals surface area contributed by atoms with Gasteiger partial charge in [0, 0.05) is 22.8 Å². The molecule has 2 heterocycles.